The van der Waals surface area contributed by atoms with E-state index < -0.39 is 48.4 Å². The molecule has 16 heteroatoms. The normalized spacial score (nSPS) is 11.4. The fourth-order valence-corrected chi connectivity index (χ4v) is 3.35. The van der Waals surface area contributed by atoms with Gasteiger partial charge in [0.1, 0.15) is 25.3 Å². The third-order valence-corrected chi connectivity index (χ3v) is 5.59. The van der Waals surface area contributed by atoms with E-state index in [1.54, 1.807) is 0 Å². The van der Waals surface area contributed by atoms with Gasteiger partial charge in [-0.2, -0.15) is 0 Å². The van der Waals surface area contributed by atoms with Crippen LogP contribution in [0.3, 0.4) is 0 Å². The van der Waals surface area contributed by atoms with Gasteiger partial charge in [0.05, 0.1) is 27.4 Å². The summed E-state index contributed by atoms with van der Waals surface area (Å²) in [4.78, 5) is 70.6. The fourth-order valence-electron chi connectivity index (χ4n) is 3.35. The molecule has 4 amide bonds. The minimum atomic E-state index is -0.881. The van der Waals surface area contributed by atoms with Crippen molar-refractivity contribution in [1.29, 1.82) is 0 Å². The Morgan fingerprint density at radius 1 is 0.568 bits per heavy atom. The van der Waals surface area contributed by atoms with Gasteiger partial charge in [-0.05, 0) is 51.4 Å². The first-order valence-corrected chi connectivity index (χ1v) is 14.2. The molecular weight excluding hydrogens is 584 g/mol. The quantitative estimate of drug-likeness (QED) is 0.0556. The summed E-state index contributed by atoms with van der Waals surface area (Å²) < 4.78 is 29.1. The number of esters is 2. The molecule has 0 aromatic heterocycles. The molecule has 0 aliphatic heterocycles. The van der Waals surface area contributed by atoms with E-state index in [-0.39, 0.29) is 39.3 Å². The van der Waals surface area contributed by atoms with Crippen LogP contribution >= 0.6 is 0 Å². The highest BCUT2D eigenvalue weighted by Crippen LogP contribution is 2.05. The lowest BCUT2D eigenvalue weighted by molar-refractivity contribution is -0.145. The van der Waals surface area contributed by atoms with Gasteiger partial charge < -0.3 is 49.7 Å². The first-order valence-electron chi connectivity index (χ1n) is 14.2. The molecule has 44 heavy (non-hydrogen) atoms. The summed E-state index contributed by atoms with van der Waals surface area (Å²) in [7, 11) is 2.37. The lowest BCUT2D eigenvalue weighted by Gasteiger charge is -2.16. The van der Waals surface area contributed by atoms with Crippen molar-refractivity contribution in [3.63, 3.8) is 0 Å². The number of ether oxygens (including phenoxy) is 6. The van der Waals surface area contributed by atoms with Crippen molar-refractivity contribution in [2.75, 3.05) is 53.7 Å². The second-order valence-electron chi connectivity index (χ2n) is 9.04. The van der Waals surface area contributed by atoms with E-state index >= 15 is 0 Å². The van der Waals surface area contributed by atoms with Gasteiger partial charge in [-0.1, -0.05) is 25.3 Å². The van der Waals surface area contributed by atoms with Gasteiger partial charge in [-0.3, -0.25) is 0 Å². The summed E-state index contributed by atoms with van der Waals surface area (Å²) in [5, 5.41) is 10.0. The van der Waals surface area contributed by atoms with Gasteiger partial charge in [-0.15, -0.1) is 0 Å². The van der Waals surface area contributed by atoms with Crippen LogP contribution in [0.1, 0.15) is 51.4 Å². The van der Waals surface area contributed by atoms with Gasteiger partial charge in [0, 0.05) is 13.1 Å². The predicted octanol–water partition coefficient (Wildman–Crippen LogP) is 2.47. The van der Waals surface area contributed by atoms with E-state index in [1.807, 2.05) is 0 Å². The Bertz CT molecular complexity index is 843. The van der Waals surface area contributed by atoms with E-state index in [2.05, 4.69) is 43.9 Å². The first-order chi connectivity index (χ1) is 21.2. The maximum absolute atomic E-state index is 12.0. The molecule has 16 nitrogen and oxygen atoms in total. The summed E-state index contributed by atoms with van der Waals surface area (Å²) in [5.41, 5.74) is 0. The predicted molar refractivity (Wildman–Crippen MR) is 157 cm³/mol. The van der Waals surface area contributed by atoms with Crippen molar-refractivity contribution in [3.05, 3.63) is 25.3 Å². The average Bonchev–Trinajstić information content (AvgIpc) is 3.02. The number of hydrogen-bond donors (Lipinski definition) is 4. The molecule has 0 aliphatic rings. The van der Waals surface area contributed by atoms with Crippen LogP contribution in [0, 0.1) is 0 Å². The van der Waals surface area contributed by atoms with Crippen LogP contribution in [0.5, 0.6) is 0 Å². The molecule has 2 unspecified atom stereocenters. The standard InChI is InChI=1S/C28H46N4O12/c1-5-17-41-23(33)21(31-27(37)39-3)13-7-9-15-29-25(35)43-19-11-12-20-44-26(36)30-16-10-8-14-22(32-28(38)40-4)24(34)42-18-6-2/h5-6,21-22H,1-2,7-20H2,3-4H3,(H,29,35)(H,30,36)(H,31,37)(H,32,38). The number of nitrogens with one attached hydrogen (secondary N) is 4. The van der Waals surface area contributed by atoms with Crippen LogP contribution in [0.4, 0.5) is 19.2 Å². The van der Waals surface area contributed by atoms with Crippen LogP contribution in [0.15, 0.2) is 25.3 Å². The number of rotatable bonds is 23. The maximum atomic E-state index is 12.0. The number of carbonyl (C=O) groups excluding carboxylic acids is 6. The van der Waals surface area contributed by atoms with Crippen LogP contribution in [0.2, 0.25) is 0 Å². The molecule has 0 aromatic carbocycles. The van der Waals surface area contributed by atoms with Crippen molar-refractivity contribution < 1.29 is 57.2 Å². The minimum absolute atomic E-state index is 0.0182. The number of methoxy groups -OCH3 is 2. The Balaban J connectivity index is 3.95. The second kappa shape index (κ2) is 26.2. The van der Waals surface area contributed by atoms with Crippen molar-refractivity contribution in [2.24, 2.45) is 0 Å². The molecule has 2 atom stereocenters. The van der Waals surface area contributed by atoms with Crippen LogP contribution in [-0.4, -0.2) is 102 Å². The molecule has 0 saturated carbocycles. The number of unbranched alkanes of at least 4 members (excludes halogenated alkanes) is 3. The van der Waals surface area contributed by atoms with Crippen molar-refractivity contribution >= 4 is 36.3 Å². The zero-order valence-electron chi connectivity index (χ0n) is 25.5. The highest BCUT2D eigenvalue weighted by molar-refractivity contribution is 5.82. The third-order valence-electron chi connectivity index (χ3n) is 5.59. The number of hydrogen-bond acceptors (Lipinski definition) is 12. The zero-order valence-corrected chi connectivity index (χ0v) is 25.5. The van der Waals surface area contributed by atoms with Gasteiger partial charge in [0.2, 0.25) is 0 Å². The van der Waals surface area contributed by atoms with Gasteiger partial charge in [0.25, 0.3) is 0 Å². The van der Waals surface area contributed by atoms with E-state index in [9.17, 15) is 28.8 Å². The summed E-state index contributed by atoms with van der Waals surface area (Å²) in [5.74, 6) is -1.21. The lowest BCUT2D eigenvalue weighted by Crippen LogP contribution is -2.42. The molecule has 0 aromatic rings. The van der Waals surface area contributed by atoms with E-state index in [0.29, 0.717) is 51.6 Å². The molecule has 0 radical (unpaired) electrons. The van der Waals surface area contributed by atoms with Crippen molar-refractivity contribution in [2.45, 2.75) is 63.5 Å². The maximum Gasteiger partial charge on any atom is 0.407 e. The molecule has 0 rings (SSSR count). The Kier molecular flexibility index (Phi) is 23.5. The first kappa shape index (κ1) is 39.5. The Hall–Kier alpha value is -4.50. The Labute approximate surface area is 257 Å². The zero-order chi connectivity index (χ0) is 33.0. The fraction of sp³-hybridized carbons (Fsp3) is 0.643. The molecule has 0 bridgehead atoms. The highest BCUT2D eigenvalue weighted by Gasteiger charge is 2.23. The number of amides is 4. The number of carbonyl (C=O) groups is 6. The monoisotopic (exact) mass is 630 g/mol. The molecule has 0 saturated heterocycles. The smallest absolute Gasteiger partial charge is 0.407 e. The summed E-state index contributed by atoms with van der Waals surface area (Å²) in [6.07, 6.45) is 3.73. The molecule has 250 valence electrons. The van der Waals surface area contributed by atoms with E-state index in [4.69, 9.17) is 18.9 Å². The van der Waals surface area contributed by atoms with E-state index in [0.717, 1.165) is 0 Å². The highest BCUT2D eigenvalue weighted by atomic mass is 16.6. The van der Waals surface area contributed by atoms with E-state index in [1.165, 1.54) is 26.4 Å². The molecule has 0 spiro atoms. The van der Waals surface area contributed by atoms with Gasteiger partial charge in [-0.25, -0.2) is 28.8 Å². The van der Waals surface area contributed by atoms with Gasteiger partial charge in [0.15, 0.2) is 0 Å². The molecule has 0 aliphatic carbocycles. The van der Waals surface area contributed by atoms with Crippen molar-refractivity contribution in [1.82, 2.24) is 21.3 Å². The molecule has 4 N–H and O–H groups in total. The van der Waals surface area contributed by atoms with Gasteiger partial charge >= 0.3 is 36.3 Å². The Morgan fingerprint density at radius 2 is 0.955 bits per heavy atom. The molecule has 0 heterocycles. The molecular formula is C28H46N4O12. The summed E-state index contributed by atoms with van der Waals surface area (Å²) >= 11 is 0. The summed E-state index contributed by atoms with van der Waals surface area (Å²) in [6, 6.07) is -1.76. The third kappa shape index (κ3) is 21.2. The second-order valence-corrected chi connectivity index (χ2v) is 9.04. The van der Waals surface area contributed by atoms with Crippen LogP contribution in [0.25, 0.3) is 0 Å². The minimum Gasteiger partial charge on any atom is -0.460 e. The topological polar surface area (TPSA) is 206 Å². The van der Waals surface area contributed by atoms with Crippen LogP contribution in [-0.2, 0) is 38.0 Å². The Morgan fingerprint density at radius 3 is 1.30 bits per heavy atom. The van der Waals surface area contributed by atoms with Crippen molar-refractivity contribution in [3.8, 4) is 0 Å². The molecule has 0 fully saturated rings. The lowest BCUT2D eigenvalue weighted by atomic mass is 10.1. The largest absolute Gasteiger partial charge is 0.460 e. The SMILES string of the molecule is C=CCOC(=O)C(CCCCNC(=O)OCCCCOC(=O)NCCCCC(NC(=O)OC)C(=O)OCC=C)NC(=O)OC. The number of alkyl carbamates (subject to hydrolysis) is 4. The average molecular weight is 631 g/mol. The van der Waals surface area contributed by atoms with Crippen LogP contribution < -0.4 is 21.3 Å². The summed E-state index contributed by atoms with van der Waals surface area (Å²) in [6.45, 7) is 7.83.